The summed E-state index contributed by atoms with van der Waals surface area (Å²) in [5.74, 6) is 0.336. The lowest BCUT2D eigenvalue weighted by Crippen LogP contribution is -2.16. The van der Waals surface area contributed by atoms with Crippen LogP contribution in [0.1, 0.15) is 5.56 Å². The Kier molecular flexibility index (Phi) is 6.75. The van der Waals surface area contributed by atoms with Gasteiger partial charge in [-0.3, -0.25) is 4.79 Å². The Morgan fingerprint density at radius 3 is 2.72 bits per heavy atom. The second-order valence-electron chi connectivity index (χ2n) is 4.92. The number of thioether (sulfide) groups is 1. The van der Waals surface area contributed by atoms with Crippen molar-refractivity contribution in [3.63, 3.8) is 0 Å². The number of nitrogens with zero attached hydrogens (tertiary/aromatic N) is 1. The zero-order valence-electron chi connectivity index (χ0n) is 13.5. The van der Waals surface area contributed by atoms with E-state index in [-0.39, 0.29) is 5.57 Å². The van der Waals surface area contributed by atoms with E-state index in [1.165, 1.54) is 11.8 Å². The molecule has 0 bridgehead atoms. The van der Waals surface area contributed by atoms with Gasteiger partial charge in [0.15, 0.2) is 0 Å². The number of benzene rings is 2. The maximum Gasteiger partial charge on any atom is 0.262 e. The minimum atomic E-state index is -0.792. The van der Waals surface area contributed by atoms with Gasteiger partial charge in [0.05, 0.1) is 12.1 Å². The van der Waals surface area contributed by atoms with Crippen molar-refractivity contribution in [1.82, 2.24) is 0 Å². The standard InChI is InChI=1S/C18H16ClN3O2S/c1-24-14-7-4-6-13(9-14)22-18(15(10-20)17(21)23)25-11-12-5-2-3-8-16(12)19/h2-9,22H,11H2,1H3,(H2,21,23)/b18-15+. The molecule has 0 aliphatic carbocycles. The Balaban J connectivity index is 2.29. The quantitative estimate of drug-likeness (QED) is 0.567. The third-order valence-corrected chi connectivity index (χ3v) is 4.66. The van der Waals surface area contributed by atoms with E-state index in [1.807, 2.05) is 24.3 Å². The van der Waals surface area contributed by atoms with Crippen molar-refractivity contribution in [2.24, 2.45) is 5.73 Å². The molecule has 0 saturated carbocycles. The van der Waals surface area contributed by atoms with E-state index >= 15 is 0 Å². The molecular weight excluding hydrogens is 358 g/mol. The second-order valence-corrected chi connectivity index (χ2v) is 6.31. The van der Waals surface area contributed by atoms with Crippen LogP contribution in [0.25, 0.3) is 0 Å². The predicted molar refractivity (Wildman–Crippen MR) is 101 cm³/mol. The third kappa shape index (κ3) is 5.18. The summed E-state index contributed by atoms with van der Waals surface area (Å²) in [5, 5.41) is 13.3. The van der Waals surface area contributed by atoms with Gasteiger partial charge in [0.25, 0.3) is 5.91 Å². The van der Waals surface area contributed by atoms with Crippen LogP contribution in [0.15, 0.2) is 59.1 Å². The largest absolute Gasteiger partial charge is 0.497 e. The van der Waals surface area contributed by atoms with Crippen molar-refractivity contribution in [3.05, 3.63) is 69.7 Å². The van der Waals surface area contributed by atoms with Gasteiger partial charge in [-0.25, -0.2) is 0 Å². The second kappa shape index (κ2) is 9.02. The van der Waals surface area contributed by atoms with Gasteiger partial charge < -0.3 is 15.8 Å². The number of primary amides is 1. The first-order chi connectivity index (χ1) is 12.0. The first-order valence-electron chi connectivity index (χ1n) is 7.26. The highest BCUT2D eigenvalue weighted by molar-refractivity contribution is 8.02. The number of amides is 1. The van der Waals surface area contributed by atoms with E-state index in [0.717, 1.165) is 5.56 Å². The molecule has 2 aromatic rings. The number of hydrogen-bond donors (Lipinski definition) is 2. The van der Waals surface area contributed by atoms with Gasteiger partial charge in [-0.1, -0.05) is 35.9 Å². The lowest BCUT2D eigenvalue weighted by Gasteiger charge is -2.13. The summed E-state index contributed by atoms with van der Waals surface area (Å²) in [5.41, 5.74) is 6.76. The fraction of sp³-hybridized carbons (Fsp3) is 0.111. The van der Waals surface area contributed by atoms with E-state index in [1.54, 1.807) is 37.4 Å². The Morgan fingerprint density at radius 1 is 1.32 bits per heavy atom. The van der Waals surface area contributed by atoms with Crippen LogP contribution >= 0.6 is 23.4 Å². The number of halogens is 1. The first-order valence-corrected chi connectivity index (χ1v) is 8.63. The van der Waals surface area contributed by atoms with E-state index in [4.69, 9.17) is 22.1 Å². The van der Waals surface area contributed by atoms with Crippen molar-refractivity contribution < 1.29 is 9.53 Å². The number of anilines is 1. The maximum absolute atomic E-state index is 11.6. The Bertz CT molecular complexity index is 846. The zero-order valence-corrected chi connectivity index (χ0v) is 15.0. The molecule has 0 radical (unpaired) electrons. The lowest BCUT2D eigenvalue weighted by molar-refractivity contribution is -0.114. The summed E-state index contributed by atoms with van der Waals surface area (Å²) in [6.07, 6.45) is 0. The predicted octanol–water partition coefficient (Wildman–Crippen LogP) is 3.91. The molecule has 2 rings (SSSR count). The number of ether oxygens (including phenoxy) is 1. The molecule has 0 saturated heterocycles. The van der Waals surface area contributed by atoms with Gasteiger partial charge in [-0.2, -0.15) is 5.26 Å². The number of rotatable bonds is 7. The number of carbonyl (C=O) groups is 1. The van der Waals surface area contributed by atoms with Crippen LogP contribution in [0.4, 0.5) is 5.69 Å². The molecule has 1 amide bonds. The molecule has 0 unspecified atom stereocenters. The topological polar surface area (TPSA) is 88.1 Å². The van der Waals surface area contributed by atoms with Crippen LogP contribution in [0, 0.1) is 11.3 Å². The highest BCUT2D eigenvalue weighted by Gasteiger charge is 2.14. The van der Waals surface area contributed by atoms with Crippen LogP contribution in [0.5, 0.6) is 5.75 Å². The summed E-state index contributed by atoms with van der Waals surface area (Å²) in [4.78, 5) is 11.6. The van der Waals surface area contributed by atoms with Crippen LogP contribution in [-0.4, -0.2) is 13.0 Å². The van der Waals surface area contributed by atoms with Crippen LogP contribution < -0.4 is 15.8 Å². The summed E-state index contributed by atoms with van der Waals surface area (Å²) >= 11 is 7.44. The van der Waals surface area contributed by atoms with Crippen molar-refractivity contribution in [2.75, 3.05) is 12.4 Å². The molecular formula is C18H16ClN3O2S. The fourth-order valence-electron chi connectivity index (χ4n) is 1.99. The molecule has 7 heteroatoms. The molecule has 0 spiro atoms. The molecule has 0 aliphatic rings. The number of nitrogens with one attached hydrogen (secondary N) is 1. The molecule has 2 aromatic carbocycles. The smallest absolute Gasteiger partial charge is 0.262 e. The Hall–Kier alpha value is -2.62. The number of nitriles is 1. The van der Waals surface area contributed by atoms with Crippen molar-refractivity contribution in [3.8, 4) is 11.8 Å². The average Bonchev–Trinajstić information content (AvgIpc) is 2.61. The summed E-state index contributed by atoms with van der Waals surface area (Å²) in [6.45, 7) is 0. The van der Waals surface area contributed by atoms with E-state index < -0.39 is 5.91 Å². The normalized spacial score (nSPS) is 11.2. The van der Waals surface area contributed by atoms with Crippen LogP contribution in [0.3, 0.4) is 0 Å². The minimum absolute atomic E-state index is 0.139. The molecule has 3 N–H and O–H groups in total. The fourth-order valence-corrected chi connectivity index (χ4v) is 3.30. The first kappa shape index (κ1) is 18.7. The molecule has 0 fully saturated rings. The monoisotopic (exact) mass is 373 g/mol. The third-order valence-electron chi connectivity index (χ3n) is 3.24. The molecule has 0 aromatic heterocycles. The van der Waals surface area contributed by atoms with Crippen LogP contribution in [0.2, 0.25) is 5.02 Å². The van der Waals surface area contributed by atoms with E-state index in [0.29, 0.717) is 27.2 Å². The van der Waals surface area contributed by atoms with Crippen LogP contribution in [-0.2, 0) is 10.5 Å². The molecule has 0 aliphatic heterocycles. The van der Waals surface area contributed by atoms with Crippen molar-refractivity contribution in [2.45, 2.75) is 5.75 Å². The Morgan fingerprint density at radius 2 is 2.08 bits per heavy atom. The molecule has 128 valence electrons. The molecule has 0 atom stereocenters. The number of nitrogens with two attached hydrogens (primary N) is 1. The number of hydrogen-bond acceptors (Lipinski definition) is 5. The van der Waals surface area contributed by atoms with Crippen molar-refractivity contribution >= 4 is 35.0 Å². The highest BCUT2D eigenvalue weighted by Crippen LogP contribution is 2.29. The van der Waals surface area contributed by atoms with Gasteiger partial charge in [0.1, 0.15) is 17.4 Å². The van der Waals surface area contributed by atoms with Gasteiger partial charge >= 0.3 is 0 Å². The summed E-state index contributed by atoms with van der Waals surface area (Å²) in [6, 6.07) is 16.4. The van der Waals surface area contributed by atoms with Gasteiger partial charge in [-0.15, -0.1) is 11.8 Å². The highest BCUT2D eigenvalue weighted by atomic mass is 35.5. The maximum atomic E-state index is 11.6. The summed E-state index contributed by atoms with van der Waals surface area (Å²) < 4.78 is 5.18. The molecule has 0 heterocycles. The lowest BCUT2D eigenvalue weighted by atomic mass is 10.2. The van der Waals surface area contributed by atoms with Gasteiger partial charge in [0.2, 0.25) is 0 Å². The van der Waals surface area contributed by atoms with Crippen molar-refractivity contribution in [1.29, 1.82) is 5.26 Å². The van der Waals surface area contributed by atoms with Gasteiger partial charge in [0, 0.05) is 22.5 Å². The SMILES string of the molecule is COc1cccc(N/C(SCc2ccccc2Cl)=C(/C#N)C(N)=O)c1. The zero-order chi connectivity index (χ0) is 18.2. The van der Waals surface area contributed by atoms with E-state index in [9.17, 15) is 10.1 Å². The molecule has 5 nitrogen and oxygen atoms in total. The number of methoxy groups -OCH3 is 1. The minimum Gasteiger partial charge on any atom is -0.497 e. The van der Waals surface area contributed by atoms with E-state index in [2.05, 4.69) is 5.32 Å². The average molecular weight is 374 g/mol. The molecule has 25 heavy (non-hydrogen) atoms. The Labute approximate surface area is 155 Å². The number of carbonyl (C=O) groups excluding carboxylic acids is 1. The van der Waals surface area contributed by atoms with Gasteiger partial charge in [-0.05, 0) is 23.8 Å². The summed E-state index contributed by atoms with van der Waals surface area (Å²) in [7, 11) is 1.56.